The van der Waals surface area contributed by atoms with E-state index in [1.807, 2.05) is 32.0 Å². The second-order valence-electron chi connectivity index (χ2n) is 10.1. The molecule has 0 amide bonds. The van der Waals surface area contributed by atoms with Gasteiger partial charge in [-0.2, -0.15) is 0 Å². The molecule has 3 N–H and O–H groups in total. The quantitative estimate of drug-likeness (QED) is 0.352. The number of hydrogen-bond donors (Lipinski definition) is 1. The summed E-state index contributed by atoms with van der Waals surface area (Å²) in [6, 6.07) is 10.4. The van der Waals surface area contributed by atoms with Gasteiger partial charge in [-0.25, -0.2) is 14.4 Å². The number of aromatic nitrogens is 3. The number of benzene rings is 1. The van der Waals surface area contributed by atoms with E-state index in [2.05, 4.69) is 29.0 Å². The normalized spacial score (nSPS) is 20.9. The molecule has 2 fully saturated rings. The molecule has 0 radical (unpaired) electrons. The molecule has 3 aromatic rings. The fraction of sp³-hybridized carbons (Fsp3) is 0.438. The largest absolute Gasteiger partial charge is 0.372 e. The van der Waals surface area contributed by atoms with E-state index >= 15 is 0 Å². The highest BCUT2D eigenvalue weighted by atomic mass is 19.1. The summed E-state index contributed by atoms with van der Waals surface area (Å²) < 4.78 is 19.7. The van der Waals surface area contributed by atoms with Gasteiger partial charge in [0, 0.05) is 49.5 Å². The average Bonchev–Trinajstić information content (AvgIpc) is 3.45. The van der Waals surface area contributed by atoms with Crippen molar-refractivity contribution >= 4 is 28.1 Å². The maximum absolute atomic E-state index is 13.9. The summed E-state index contributed by atoms with van der Waals surface area (Å²) in [5, 5.41) is 0.792. The minimum Gasteiger partial charge on any atom is -0.372 e. The van der Waals surface area contributed by atoms with E-state index in [1.54, 1.807) is 32.4 Å². The van der Waals surface area contributed by atoms with Gasteiger partial charge in [0.2, 0.25) is 0 Å². The molecule has 1 saturated heterocycles. The highest BCUT2D eigenvalue weighted by Crippen LogP contribution is 2.47. The molecule has 3 heterocycles. The van der Waals surface area contributed by atoms with Crippen LogP contribution in [0.3, 0.4) is 0 Å². The van der Waals surface area contributed by atoms with Crippen LogP contribution in [0.5, 0.6) is 0 Å². The number of fused-ring (bicyclic) bond motifs is 2. The number of carbonyl (C=O) groups excluding carboxylic acids is 1. The monoisotopic (exact) mass is 547 g/mol. The van der Waals surface area contributed by atoms with Gasteiger partial charge < -0.3 is 15.8 Å². The number of anilines is 1. The molecule has 1 aromatic carbocycles. The first-order valence-corrected chi connectivity index (χ1v) is 14.0. The summed E-state index contributed by atoms with van der Waals surface area (Å²) in [5.41, 5.74) is 3.90. The maximum atomic E-state index is 13.9. The molecule has 8 heteroatoms. The predicted octanol–water partition coefficient (Wildman–Crippen LogP) is 6.76. The van der Waals surface area contributed by atoms with Gasteiger partial charge in [-0.05, 0) is 80.9 Å². The molecule has 3 aliphatic rings. The van der Waals surface area contributed by atoms with E-state index in [0.717, 1.165) is 53.9 Å². The van der Waals surface area contributed by atoms with Crippen LogP contribution in [0.25, 0.3) is 16.5 Å². The minimum atomic E-state index is -0.248. The van der Waals surface area contributed by atoms with Gasteiger partial charge in [0.15, 0.2) is 5.82 Å². The highest BCUT2D eigenvalue weighted by molar-refractivity contribution is 5.91. The molecule has 7 nitrogen and oxygen atoms in total. The third-order valence-corrected chi connectivity index (χ3v) is 7.15. The van der Waals surface area contributed by atoms with Crippen molar-refractivity contribution in [1.82, 2.24) is 21.1 Å². The number of carbonyl (C=O) groups is 1. The zero-order chi connectivity index (χ0) is 27.9. The molecule has 3 atom stereocenters. The number of ketones is 1. The smallest absolute Gasteiger partial charge is 0.160 e. The number of pyridine rings is 1. The van der Waals surface area contributed by atoms with E-state index < -0.39 is 0 Å². The van der Waals surface area contributed by atoms with Crippen molar-refractivity contribution in [1.29, 1.82) is 0 Å². The summed E-state index contributed by atoms with van der Waals surface area (Å²) in [4.78, 5) is 26.6. The molecule has 1 aliphatic heterocycles. The lowest BCUT2D eigenvalue weighted by molar-refractivity contribution is -0.116. The summed E-state index contributed by atoms with van der Waals surface area (Å²) in [7, 11) is 1.74. The number of hydrogen-bond acceptors (Lipinski definition) is 7. The van der Waals surface area contributed by atoms with Gasteiger partial charge in [-0.15, -0.1) is 0 Å². The minimum absolute atomic E-state index is 0. The fourth-order valence-electron chi connectivity index (χ4n) is 5.25. The van der Waals surface area contributed by atoms with Gasteiger partial charge in [-0.1, -0.05) is 32.1 Å². The van der Waals surface area contributed by atoms with E-state index in [0.29, 0.717) is 24.1 Å². The molecule has 214 valence electrons. The second-order valence-corrected chi connectivity index (χ2v) is 10.1. The average molecular weight is 548 g/mol. The van der Waals surface area contributed by atoms with Crippen LogP contribution in [0.4, 0.5) is 10.2 Å². The Kier molecular flexibility index (Phi) is 11.0. The maximum Gasteiger partial charge on any atom is 0.160 e. The summed E-state index contributed by atoms with van der Waals surface area (Å²) in [6.45, 7) is 9.60. The molecule has 0 bridgehead atoms. The molecule has 2 aliphatic carbocycles. The van der Waals surface area contributed by atoms with Gasteiger partial charge >= 0.3 is 0 Å². The topological polar surface area (TPSA) is 103 Å². The number of nitrogens with zero attached hydrogens (tertiary/aromatic N) is 4. The summed E-state index contributed by atoms with van der Waals surface area (Å²) >= 11 is 0. The van der Waals surface area contributed by atoms with Crippen LogP contribution in [0, 0.1) is 17.7 Å². The van der Waals surface area contributed by atoms with Crippen LogP contribution in [-0.4, -0.2) is 47.0 Å². The van der Waals surface area contributed by atoms with Crippen LogP contribution < -0.4 is 11.1 Å². The Morgan fingerprint density at radius 2 is 1.80 bits per heavy atom. The van der Waals surface area contributed by atoms with Crippen LogP contribution in [0.1, 0.15) is 58.5 Å². The third kappa shape index (κ3) is 7.37. The Morgan fingerprint density at radius 1 is 1.07 bits per heavy atom. The summed E-state index contributed by atoms with van der Waals surface area (Å²) in [5.74, 6) is 2.63. The lowest BCUT2D eigenvalue weighted by Crippen LogP contribution is -2.22. The number of Topliss-reactive ketones (excluding diaryl/α,β-unsaturated/α-hetero) is 1. The molecule has 6 rings (SSSR count). The molecule has 1 saturated carbocycles. The number of allylic oxidation sites excluding steroid dienone is 2. The standard InChI is InChI=1S/C22H24FN3O.C8H9NO.C2H6.H3N/c1-13-9-14-10-15(14)11-18(20(13)27-2)21-24-19-6-5-16(23)12-17(19)22(25-21)26-7-3-4-8-26;1-7(10)6-8-4-2-3-5-9-8;1-2;/h5-6,9,11-12,14-15,20H,3-4,7-8,10H2,1-2H3;2-5H,6H2,1H3;1-2H3;1H3. The zero-order valence-electron chi connectivity index (χ0n) is 24.4. The van der Waals surface area contributed by atoms with Crippen LogP contribution in [-0.2, 0) is 16.0 Å². The van der Waals surface area contributed by atoms with Gasteiger partial charge in [-0.3, -0.25) is 9.78 Å². The van der Waals surface area contributed by atoms with Crippen LogP contribution >= 0.6 is 0 Å². The SMILES string of the molecule is CC.CC(=O)Cc1ccccn1.COC1C(C)=CC2CC2C=C1c1nc(N2CCCC2)c2cc(F)ccc2n1.N. The predicted molar refractivity (Wildman–Crippen MR) is 160 cm³/mol. The van der Waals surface area contributed by atoms with Crippen LogP contribution in [0.15, 0.2) is 60.3 Å². The van der Waals surface area contributed by atoms with E-state index in [-0.39, 0.29) is 23.9 Å². The molecular formula is C32H42FN5O2. The van der Waals surface area contributed by atoms with E-state index in [1.165, 1.54) is 18.1 Å². The van der Waals surface area contributed by atoms with E-state index in [4.69, 9.17) is 14.7 Å². The Bertz CT molecular complexity index is 1350. The van der Waals surface area contributed by atoms with Crippen molar-refractivity contribution in [3.8, 4) is 0 Å². The van der Waals surface area contributed by atoms with Crippen molar-refractivity contribution in [2.45, 2.75) is 59.5 Å². The Morgan fingerprint density at radius 3 is 2.45 bits per heavy atom. The first-order chi connectivity index (χ1) is 18.9. The number of ether oxygens (including phenoxy) is 1. The lowest BCUT2D eigenvalue weighted by Gasteiger charge is -2.22. The van der Waals surface area contributed by atoms with Crippen LogP contribution in [0.2, 0.25) is 0 Å². The van der Waals surface area contributed by atoms with Gasteiger partial charge in [0.25, 0.3) is 0 Å². The van der Waals surface area contributed by atoms with Gasteiger partial charge in [0.05, 0.1) is 5.52 Å². The Hall–Kier alpha value is -3.49. The molecule has 3 unspecified atom stereocenters. The first kappa shape index (κ1) is 31.0. The molecule has 2 aromatic heterocycles. The first-order valence-electron chi connectivity index (χ1n) is 14.0. The Labute approximate surface area is 237 Å². The third-order valence-electron chi connectivity index (χ3n) is 7.15. The van der Waals surface area contributed by atoms with Crippen molar-refractivity contribution in [2.75, 3.05) is 25.1 Å². The second kappa shape index (κ2) is 14.2. The highest BCUT2D eigenvalue weighted by Gasteiger charge is 2.38. The molecule has 40 heavy (non-hydrogen) atoms. The van der Waals surface area contributed by atoms with Crippen molar-refractivity contribution in [3.63, 3.8) is 0 Å². The zero-order valence-corrected chi connectivity index (χ0v) is 24.4. The van der Waals surface area contributed by atoms with Gasteiger partial charge in [0.1, 0.15) is 23.5 Å². The van der Waals surface area contributed by atoms with Crippen molar-refractivity contribution < 1.29 is 13.9 Å². The lowest BCUT2D eigenvalue weighted by atomic mass is 10.0. The van der Waals surface area contributed by atoms with Crippen molar-refractivity contribution in [3.05, 3.63) is 77.7 Å². The molecule has 0 spiro atoms. The number of halogens is 1. The van der Waals surface area contributed by atoms with E-state index in [9.17, 15) is 9.18 Å². The number of methoxy groups -OCH3 is 1. The Balaban J connectivity index is 0.000000288. The molecular weight excluding hydrogens is 505 g/mol. The number of rotatable bonds is 5. The van der Waals surface area contributed by atoms with Crippen molar-refractivity contribution in [2.24, 2.45) is 11.8 Å². The summed E-state index contributed by atoms with van der Waals surface area (Å²) in [6.07, 6.45) is 10.1. The fourth-order valence-corrected chi connectivity index (χ4v) is 5.25.